The first-order valence-corrected chi connectivity index (χ1v) is 7.94. The van der Waals surface area contributed by atoms with E-state index in [2.05, 4.69) is 50.5 Å². The zero-order valence-electron chi connectivity index (χ0n) is 13.4. The van der Waals surface area contributed by atoms with Gasteiger partial charge in [0.05, 0.1) is 5.60 Å². The zero-order valence-corrected chi connectivity index (χ0v) is 13.4. The average molecular weight is 275 g/mol. The lowest BCUT2D eigenvalue weighted by Gasteiger charge is -2.39. The van der Waals surface area contributed by atoms with Crippen LogP contribution in [-0.2, 0) is 11.2 Å². The lowest BCUT2D eigenvalue weighted by atomic mass is 9.76. The van der Waals surface area contributed by atoms with Crippen LogP contribution < -0.4 is 5.32 Å². The fourth-order valence-corrected chi connectivity index (χ4v) is 3.59. The maximum Gasteiger partial charge on any atom is 0.0800 e. The molecule has 0 aromatic heterocycles. The first kappa shape index (κ1) is 15.5. The first-order chi connectivity index (χ1) is 9.64. The number of nitrogens with one attached hydrogen (secondary N) is 1. The Hall–Kier alpha value is -0.860. The Morgan fingerprint density at radius 2 is 2.15 bits per heavy atom. The van der Waals surface area contributed by atoms with E-state index in [-0.39, 0.29) is 5.60 Å². The van der Waals surface area contributed by atoms with E-state index in [4.69, 9.17) is 4.74 Å². The maximum atomic E-state index is 5.81. The van der Waals surface area contributed by atoms with Gasteiger partial charge in [0, 0.05) is 13.2 Å². The van der Waals surface area contributed by atoms with E-state index < -0.39 is 0 Å². The van der Waals surface area contributed by atoms with Crippen molar-refractivity contribution in [2.24, 2.45) is 0 Å². The SMILES string of the molecule is CCC(C)(OC)C(CC1CCCc2ccccc21)NC. The van der Waals surface area contributed by atoms with Crippen molar-refractivity contribution in [3.63, 3.8) is 0 Å². The number of hydrogen-bond donors (Lipinski definition) is 1. The maximum absolute atomic E-state index is 5.81. The number of rotatable bonds is 6. The molecule has 112 valence electrons. The van der Waals surface area contributed by atoms with Crippen LogP contribution in [0.5, 0.6) is 0 Å². The number of ether oxygens (including phenoxy) is 1. The molecule has 1 aromatic carbocycles. The lowest BCUT2D eigenvalue weighted by Crippen LogP contribution is -2.49. The minimum absolute atomic E-state index is 0.0822. The van der Waals surface area contributed by atoms with Gasteiger partial charge in [0.2, 0.25) is 0 Å². The quantitative estimate of drug-likeness (QED) is 0.850. The largest absolute Gasteiger partial charge is 0.377 e. The molecule has 0 aliphatic heterocycles. The summed E-state index contributed by atoms with van der Waals surface area (Å²) in [7, 11) is 3.90. The number of benzene rings is 1. The number of fused-ring (bicyclic) bond motifs is 1. The Labute approximate surface area is 123 Å². The molecule has 0 bridgehead atoms. The van der Waals surface area contributed by atoms with Crippen LogP contribution in [0.15, 0.2) is 24.3 Å². The van der Waals surface area contributed by atoms with E-state index in [1.54, 1.807) is 11.1 Å². The average Bonchev–Trinajstić information content (AvgIpc) is 2.52. The third-order valence-corrected chi connectivity index (χ3v) is 5.27. The van der Waals surface area contributed by atoms with Gasteiger partial charge in [-0.15, -0.1) is 0 Å². The summed E-state index contributed by atoms with van der Waals surface area (Å²) < 4.78 is 5.81. The van der Waals surface area contributed by atoms with E-state index >= 15 is 0 Å². The predicted molar refractivity (Wildman–Crippen MR) is 85.3 cm³/mol. The van der Waals surface area contributed by atoms with E-state index in [1.807, 2.05) is 7.11 Å². The monoisotopic (exact) mass is 275 g/mol. The van der Waals surface area contributed by atoms with Crippen LogP contribution in [0.3, 0.4) is 0 Å². The Kier molecular flexibility index (Phi) is 5.22. The smallest absolute Gasteiger partial charge is 0.0800 e. The highest BCUT2D eigenvalue weighted by Gasteiger charge is 2.34. The summed E-state index contributed by atoms with van der Waals surface area (Å²) in [6.45, 7) is 4.44. The van der Waals surface area contributed by atoms with Crippen molar-refractivity contribution in [2.45, 2.75) is 63.5 Å². The molecule has 2 heteroatoms. The van der Waals surface area contributed by atoms with Crippen molar-refractivity contribution in [2.75, 3.05) is 14.2 Å². The van der Waals surface area contributed by atoms with Crippen LogP contribution in [0, 0.1) is 0 Å². The van der Waals surface area contributed by atoms with E-state index in [0.717, 1.165) is 12.8 Å². The van der Waals surface area contributed by atoms with Crippen molar-refractivity contribution >= 4 is 0 Å². The highest BCUT2D eigenvalue weighted by Crippen LogP contribution is 2.37. The standard InChI is InChI=1S/C18H29NO/c1-5-18(2,20-4)17(19-3)13-15-11-8-10-14-9-6-7-12-16(14)15/h6-7,9,12,15,17,19H,5,8,10-11,13H2,1-4H3. The Morgan fingerprint density at radius 3 is 2.80 bits per heavy atom. The Balaban J connectivity index is 2.17. The summed E-state index contributed by atoms with van der Waals surface area (Å²) >= 11 is 0. The molecule has 2 rings (SSSR count). The second-order valence-corrected chi connectivity index (χ2v) is 6.24. The van der Waals surface area contributed by atoms with Crippen molar-refractivity contribution in [1.29, 1.82) is 0 Å². The molecular weight excluding hydrogens is 246 g/mol. The molecule has 2 nitrogen and oxygen atoms in total. The molecular formula is C18H29NO. The molecule has 1 N–H and O–H groups in total. The molecule has 20 heavy (non-hydrogen) atoms. The molecule has 1 aliphatic rings. The molecule has 0 heterocycles. The van der Waals surface area contributed by atoms with Crippen molar-refractivity contribution in [1.82, 2.24) is 5.32 Å². The molecule has 0 fully saturated rings. The Morgan fingerprint density at radius 1 is 1.40 bits per heavy atom. The summed E-state index contributed by atoms with van der Waals surface area (Å²) in [6, 6.07) is 9.37. The van der Waals surface area contributed by atoms with E-state index in [1.165, 1.54) is 19.3 Å². The highest BCUT2D eigenvalue weighted by molar-refractivity contribution is 5.32. The zero-order chi connectivity index (χ0) is 14.6. The van der Waals surface area contributed by atoms with Gasteiger partial charge in [-0.1, -0.05) is 31.2 Å². The van der Waals surface area contributed by atoms with Crippen LogP contribution in [0.2, 0.25) is 0 Å². The topological polar surface area (TPSA) is 21.3 Å². The third-order valence-electron chi connectivity index (χ3n) is 5.27. The van der Waals surface area contributed by atoms with Gasteiger partial charge in [-0.2, -0.15) is 0 Å². The van der Waals surface area contributed by atoms with E-state index in [0.29, 0.717) is 12.0 Å². The fraction of sp³-hybridized carbons (Fsp3) is 0.667. The molecule has 0 saturated heterocycles. The van der Waals surface area contributed by atoms with Crippen LogP contribution in [0.25, 0.3) is 0 Å². The van der Waals surface area contributed by atoms with Crippen LogP contribution >= 0.6 is 0 Å². The predicted octanol–water partition coefficient (Wildman–Crippen LogP) is 3.90. The summed E-state index contributed by atoms with van der Waals surface area (Å²) in [5.74, 6) is 0.665. The highest BCUT2D eigenvalue weighted by atomic mass is 16.5. The minimum atomic E-state index is -0.0822. The number of hydrogen-bond acceptors (Lipinski definition) is 2. The summed E-state index contributed by atoms with van der Waals surface area (Å²) in [5.41, 5.74) is 3.03. The third kappa shape index (κ3) is 3.07. The molecule has 0 radical (unpaired) electrons. The molecule has 1 aliphatic carbocycles. The van der Waals surface area contributed by atoms with Gasteiger partial charge in [0.25, 0.3) is 0 Å². The summed E-state index contributed by atoms with van der Waals surface area (Å²) in [6.07, 6.45) is 6.05. The van der Waals surface area contributed by atoms with Crippen LogP contribution in [-0.4, -0.2) is 25.8 Å². The summed E-state index contributed by atoms with van der Waals surface area (Å²) in [4.78, 5) is 0. The second-order valence-electron chi connectivity index (χ2n) is 6.24. The van der Waals surface area contributed by atoms with Crippen LogP contribution in [0.4, 0.5) is 0 Å². The van der Waals surface area contributed by atoms with Gasteiger partial charge in [-0.05, 0) is 63.1 Å². The number of methoxy groups -OCH3 is 1. The minimum Gasteiger partial charge on any atom is -0.377 e. The number of likely N-dealkylation sites (N-methyl/N-ethyl adjacent to an activating group) is 1. The number of aryl methyl sites for hydroxylation is 1. The van der Waals surface area contributed by atoms with Gasteiger partial charge in [0.15, 0.2) is 0 Å². The van der Waals surface area contributed by atoms with Crippen LogP contribution in [0.1, 0.15) is 56.6 Å². The molecule has 0 saturated carbocycles. The van der Waals surface area contributed by atoms with Crippen molar-refractivity contribution in [3.8, 4) is 0 Å². The van der Waals surface area contributed by atoms with Gasteiger partial charge >= 0.3 is 0 Å². The van der Waals surface area contributed by atoms with Gasteiger partial charge in [0.1, 0.15) is 0 Å². The summed E-state index contributed by atoms with van der Waals surface area (Å²) in [5, 5.41) is 3.50. The molecule has 3 atom stereocenters. The second kappa shape index (κ2) is 6.73. The van der Waals surface area contributed by atoms with Gasteiger partial charge < -0.3 is 10.1 Å². The van der Waals surface area contributed by atoms with Gasteiger partial charge in [-0.3, -0.25) is 0 Å². The molecule has 0 amide bonds. The van der Waals surface area contributed by atoms with E-state index in [9.17, 15) is 0 Å². The van der Waals surface area contributed by atoms with Gasteiger partial charge in [-0.25, -0.2) is 0 Å². The Bertz CT molecular complexity index is 425. The normalized spacial score (nSPS) is 22.9. The lowest BCUT2D eigenvalue weighted by molar-refractivity contribution is -0.0312. The van der Waals surface area contributed by atoms with Crippen molar-refractivity contribution in [3.05, 3.63) is 35.4 Å². The van der Waals surface area contributed by atoms with Crippen molar-refractivity contribution < 1.29 is 4.74 Å². The first-order valence-electron chi connectivity index (χ1n) is 7.94. The molecule has 0 spiro atoms. The molecule has 1 aromatic rings. The fourth-order valence-electron chi connectivity index (χ4n) is 3.59. The molecule has 3 unspecified atom stereocenters.